The Morgan fingerprint density at radius 2 is 2.22 bits per heavy atom. The highest BCUT2D eigenvalue weighted by molar-refractivity contribution is 5.47. The molecule has 0 spiro atoms. The maximum absolute atomic E-state index is 8.08. The molecule has 0 aliphatic rings. The number of H-pyrrole nitrogens is 1. The van der Waals surface area contributed by atoms with Crippen molar-refractivity contribution in [3.05, 3.63) is 16.0 Å². The summed E-state index contributed by atoms with van der Waals surface area (Å²) in [6.07, 6.45) is 0. The van der Waals surface area contributed by atoms with Crippen LogP contribution in [0, 0.1) is 10.8 Å². The Labute approximate surface area is 49.7 Å². The van der Waals surface area contributed by atoms with Gasteiger partial charge < -0.3 is 0 Å². The van der Waals surface area contributed by atoms with Crippen LogP contribution in [0.5, 0.6) is 0 Å². The molecule has 0 atom stereocenters. The lowest BCUT2D eigenvalue weighted by atomic mass is 10.6. The van der Waals surface area contributed by atoms with Crippen LogP contribution >= 0.6 is 0 Å². The van der Waals surface area contributed by atoms with E-state index in [0.717, 1.165) is 0 Å². The zero-order valence-corrected chi connectivity index (χ0v) is 4.31. The van der Waals surface area contributed by atoms with Gasteiger partial charge in [-0.05, 0) is 5.10 Å². The standard InChI is InChI=1S/C3H2N6/c4-6-2-1-3(7-5)9-8-2/h1H,(H,8,9)/q+2. The van der Waals surface area contributed by atoms with E-state index in [1.165, 1.54) is 6.07 Å². The Morgan fingerprint density at radius 1 is 1.44 bits per heavy atom. The van der Waals surface area contributed by atoms with Crippen molar-refractivity contribution >= 4 is 11.6 Å². The molecule has 0 radical (unpaired) electrons. The first-order valence-corrected chi connectivity index (χ1v) is 2.12. The lowest BCUT2D eigenvalue weighted by molar-refractivity contribution is 1.11. The number of diazo groups is 2. The Morgan fingerprint density at radius 3 is 2.56 bits per heavy atom. The SMILES string of the molecule is N#[N+]c1cc([N+]#N)[nH]n1. The maximum atomic E-state index is 8.08. The summed E-state index contributed by atoms with van der Waals surface area (Å²) in [7, 11) is 0. The molecule has 1 heterocycles. The highest BCUT2D eigenvalue weighted by Crippen LogP contribution is 2.14. The molecule has 0 unspecified atom stereocenters. The normalized spacial score (nSPS) is 7.78. The van der Waals surface area contributed by atoms with Gasteiger partial charge in [0.25, 0.3) is 0 Å². The smallest absolute Gasteiger partial charge is 0.0325 e. The van der Waals surface area contributed by atoms with Gasteiger partial charge in [0.1, 0.15) is 0 Å². The number of nitrogens with one attached hydrogen (secondary N) is 1. The zero-order chi connectivity index (χ0) is 6.69. The van der Waals surface area contributed by atoms with E-state index in [1.807, 2.05) is 0 Å². The number of rotatable bonds is 0. The van der Waals surface area contributed by atoms with Gasteiger partial charge in [0.2, 0.25) is 0 Å². The number of hydrogen-bond donors (Lipinski definition) is 1. The molecule has 0 aliphatic heterocycles. The molecule has 0 saturated heterocycles. The van der Waals surface area contributed by atoms with Crippen molar-refractivity contribution in [2.75, 3.05) is 0 Å². The van der Waals surface area contributed by atoms with Crippen LogP contribution in [0.4, 0.5) is 11.6 Å². The van der Waals surface area contributed by atoms with Gasteiger partial charge in [-0.2, -0.15) is 0 Å². The highest BCUT2D eigenvalue weighted by atomic mass is 15.2. The van der Waals surface area contributed by atoms with Crippen LogP contribution in [0.2, 0.25) is 0 Å². The molecule has 1 aromatic heterocycles. The van der Waals surface area contributed by atoms with E-state index in [1.54, 1.807) is 0 Å². The molecule has 0 aromatic carbocycles. The number of hydrogen-bond acceptors (Lipinski definition) is 3. The van der Waals surface area contributed by atoms with Crippen LogP contribution < -0.4 is 0 Å². The Balaban J connectivity index is 3.08. The molecule has 9 heavy (non-hydrogen) atoms. The molecule has 0 aliphatic carbocycles. The van der Waals surface area contributed by atoms with Crippen LogP contribution in [-0.4, -0.2) is 10.2 Å². The first-order chi connectivity index (χ1) is 4.36. The minimum absolute atomic E-state index is 0.0859. The summed E-state index contributed by atoms with van der Waals surface area (Å²) in [4.78, 5) is 5.48. The van der Waals surface area contributed by atoms with Crippen molar-refractivity contribution in [3.63, 3.8) is 0 Å². The lowest BCUT2D eigenvalue weighted by Gasteiger charge is -1.44. The summed E-state index contributed by atoms with van der Waals surface area (Å²) in [5.74, 6) is 0.241. The predicted molar refractivity (Wildman–Crippen MR) is 28.1 cm³/mol. The van der Waals surface area contributed by atoms with Crippen LogP contribution in [-0.2, 0) is 0 Å². The van der Waals surface area contributed by atoms with Crippen molar-refractivity contribution in [2.45, 2.75) is 0 Å². The van der Waals surface area contributed by atoms with Gasteiger partial charge in [-0.15, -0.1) is 0 Å². The average Bonchev–Trinajstić information content (AvgIpc) is 2.34. The van der Waals surface area contributed by atoms with Crippen molar-refractivity contribution in [1.82, 2.24) is 10.2 Å². The Kier molecular flexibility index (Phi) is 1.09. The van der Waals surface area contributed by atoms with E-state index in [-0.39, 0.29) is 11.6 Å². The second kappa shape index (κ2) is 1.88. The fraction of sp³-hybridized carbons (Fsp3) is 0. The summed E-state index contributed by atoms with van der Waals surface area (Å²) in [6.45, 7) is 0. The van der Waals surface area contributed by atoms with Gasteiger partial charge in [-0.3, -0.25) is 0 Å². The van der Waals surface area contributed by atoms with Gasteiger partial charge >= 0.3 is 11.6 Å². The molecule has 1 aromatic rings. The van der Waals surface area contributed by atoms with E-state index in [4.69, 9.17) is 10.8 Å². The summed E-state index contributed by atoms with van der Waals surface area (Å²) < 4.78 is 0. The number of nitrogens with zero attached hydrogens (tertiary/aromatic N) is 5. The predicted octanol–water partition coefficient (Wildman–Crippen LogP) is 1.38. The largest absolute Gasteiger partial charge is 0.518 e. The molecule has 0 bridgehead atoms. The zero-order valence-electron chi connectivity index (χ0n) is 4.31. The summed E-state index contributed by atoms with van der Waals surface area (Å²) in [6, 6.07) is 1.28. The molecule has 1 N–H and O–H groups in total. The number of aromatic amines is 1. The van der Waals surface area contributed by atoms with Crippen LogP contribution in [0.1, 0.15) is 0 Å². The highest BCUT2D eigenvalue weighted by Gasteiger charge is 2.18. The van der Waals surface area contributed by atoms with Gasteiger partial charge in [-0.25, -0.2) is 0 Å². The van der Waals surface area contributed by atoms with Crippen molar-refractivity contribution in [3.8, 4) is 0 Å². The van der Waals surface area contributed by atoms with Crippen LogP contribution in [0.25, 0.3) is 9.95 Å². The van der Waals surface area contributed by atoms with E-state index in [9.17, 15) is 0 Å². The second-order valence-electron chi connectivity index (χ2n) is 1.31. The summed E-state index contributed by atoms with van der Waals surface area (Å²) in [5, 5.41) is 21.8. The second-order valence-corrected chi connectivity index (χ2v) is 1.31. The van der Waals surface area contributed by atoms with Crippen molar-refractivity contribution in [2.24, 2.45) is 0 Å². The van der Waals surface area contributed by atoms with E-state index in [0.29, 0.717) is 0 Å². The Bertz CT molecular complexity index is 255. The molecule has 0 fully saturated rings. The van der Waals surface area contributed by atoms with Gasteiger partial charge in [-0.1, -0.05) is 0 Å². The molecule has 0 saturated carbocycles. The Hall–Kier alpha value is -1.95. The van der Waals surface area contributed by atoms with E-state index in [2.05, 4.69) is 20.1 Å². The number of aromatic nitrogens is 2. The molecule has 6 nitrogen and oxygen atoms in total. The molecule has 0 amide bonds. The topological polar surface area (TPSA) is 85.0 Å². The van der Waals surface area contributed by atoms with Gasteiger partial charge in [0.05, 0.1) is 10.8 Å². The maximum Gasteiger partial charge on any atom is 0.518 e. The van der Waals surface area contributed by atoms with Gasteiger partial charge in [0.15, 0.2) is 11.2 Å². The third kappa shape index (κ3) is 0.813. The third-order valence-electron chi connectivity index (χ3n) is 0.761. The monoisotopic (exact) mass is 122 g/mol. The third-order valence-corrected chi connectivity index (χ3v) is 0.761. The molecular formula is C3H2N6+2. The minimum Gasteiger partial charge on any atom is -0.0325 e. The van der Waals surface area contributed by atoms with Crippen molar-refractivity contribution in [1.29, 1.82) is 10.8 Å². The fourth-order valence-corrected chi connectivity index (χ4v) is 0.404. The lowest BCUT2D eigenvalue weighted by Crippen LogP contribution is -1.60. The first-order valence-electron chi connectivity index (χ1n) is 2.12. The fourth-order valence-electron chi connectivity index (χ4n) is 0.404. The molecule has 6 heteroatoms. The van der Waals surface area contributed by atoms with Crippen molar-refractivity contribution < 1.29 is 0 Å². The molecule has 42 valence electrons. The van der Waals surface area contributed by atoms with Gasteiger partial charge in [0, 0.05) is 9.95 Å². The summed E-state index contributed by atoms with van der Waals surface area (Å²) in [5.41, 5.74) is 0. The first kappa shape index (κ1) is 5.19. The summed E-state index contributed by atoms with van der Waals surface area (Å²) >= 11 is 0. The minimum atomic E-state index is 0.0859. The molecular weight excluding hydrogens is 120 g/mol. The molecule has 1 rings (SSSR count). The van der Waals surface area contributed by atoms with Crippen LogP contribution in [0.3, 0.4) is 0 Å². The average molecular weight is 122 g/mol. The van der Waals surface area contributed by atoms with Crippen LogP contribution in [0.15, 0.2) is 6.07 Å². The van der Waals surface area contributed by atoms with E-state index >= 15 is 0 Å². The van der Waals surface area contributed by atoms with E-state index < -0.39 is 0 Å². The quantitative estimate of drug-likeness (QED) is 0.527.